The van der Waals surface area contributed by atoms with Crippen molar-refractivity contribution in [3.8, 4) is 0 Å². The molecule has 1 aliphatic rings. The lowest BCUT2D eigenvalue weighted by Crippen LogP contribution is -2.43. The quantitative estimate of drug-likeness (QED) is 0.400. The summed E-state index contributed by atoms with van der Waals surface area (Å²) in [7, 11) is 0. The van der Waals surface area contributed by atoms with Crippen LogP contribution in [0.15, 0.2) is 68.3 Å². The lowest BCUT2D eigenvalue weighted by Gasteiger charge is -2.15. The smallest absolute Gasteiger partial charge is 0.331 e. The zero-order valence-electron chi connectivity index (χ0n) is 20.3. The molecule has 0 atom stereocenters. The molecule has 9 heteroatoms. The van der Waals surface area contributed by atoms with E-state index < -0.39 is 11.2 Å². The number of hydrogen-bond donors (Lipinski definition) is 2. The topological polar surface area (TPSA) is 115 Å². The number of nitrogens with one attached hydrogen (secondary N) is 2. The van der Waals surface area contributed by atoms with Crippen LogP contribution >= 0.6 is 0 Å². The van der Waals surface area contributed by atoms with Gasteiger partial charge in [0.25, 0.3) is 5.56 Å². The summed E-state index contributed by atoms with van der Waals surface area (Å²) in [6.45, 7) is 0.694. The molecule has 0 radical (unpaired) electrons. The van der Waals surface area contributed by atoms with E-state index in [1.165, 1.54) is 29.2 Å². The van der Waals surface area contributed by atoms with E-state index in [9.17, 15) is 19.2 Å². The Hall–Kier alpha value is -3.88. The molecule has 0 saturated carbocycles. The van der Waals surface area contributed by atoms with Crippen LogP contribution in [-0.2, 0) is 29.2 Å². The summed E-state index contributed by atoms with van der Waals surface area (Å²) in [4.78, 5) is 51.1. The van der Waals surface area contributed by atoms with Crippen molar-refractivity contribution in [2.24, 2.45) is 0 Å². The van der Waals surface area contributed by atoms with Gasteiger partial charge in [-0.2, -0.15) is 0 Å². The second-order valence-electron chi connectivity index (χ2n) is 9.01. The number of hydrogen-bond acceptors (Lipinski definition) is 5. The molecule has 36 heavy (non-hydrogen) atoms. The van der Waals surface area contributed by atoms with Crippen LogP contribution in [0, 0.1) is 0 Å². The van der Waals surface area contributed by atoms with Gasteiger partial charge in [-0.05, 0) is 62.8 Å². The highest BCUT2D eigenvalue weighted by molar-refractivity contribution is 5.81. The first-order valence-electron chi connectivity index (χ1n) is 12.5. The molecule has 3 aromatic rings. The Kier molecular flexibility index (Phi) is 8.54. The third-order valence-electron chi connectivity index (χ3n) is 6.41. The Morgan fingerprint density at radius 3 is 2.61 bits per heavy atom. The predicted octanol–water partition coefficient (Wildman–Crippen LogP) is 2.86. The monoisotopic (exact) mass is 492 g/mol. The average Bonchev–Trinajstić information content (AvgIpc) is 3.42. The summed E-state index contributed by atoms with van der Waals surface area (Å²) in [6, 6.07) is 10.3. The number of nitrogens with zero attached hydrogens (tertiary/aromatic N) is 2. The third-order valence-corrected chi connectivity index (χ3v) is 6.41. The lowest BCUT2D eigenvalue weighted by atomic mass is 9.97. The summed E-state index contributed by atoms with van der Waals surface area (Å²) in [5.41, 5.74) is 0.809. The Morgan fingerprint density at radius 2 is 1.83 bits per heavy atom. The fraction of sp³-hybridized carbons (Fsp3) is 0.407. The van der Waals surface area contributed by atoms with Crippen LogP contribution in [-0.4, -0.2) is 27.5 Å². The number of benzene rings is 1. The Balaban J connectivity index is 1.41. The van der Waals surface area contributed by atoms with E-state index in [1.807, 2.05) is 0 Å². The minimum Gasteiger partial charge on any atom is -0.467 e. The molecule has 0 fully saturated rings. The minimum atomic E-state index is -0.556. The molecule has 2 aromatic heterocycles. The first-order chi connectivity index (χ1) is 17.5. The number of allylic oxidation sites excluding steroid dienone is 1. The lowest BCUT2D eigenvalue weighted by molar-refractivity contribution is -0.122. The van der Waals surface area contributed by atoms with Crippen LogP contribution in [0.1, 0.15) is 50.7 Å². The Labute approximate surface area is 208 Å². The molecule has 190 valence electrons. The van der Waals surface area contributed by atoms with Gasteiger partial charge in [0.15, 0.2) is 0 Å². The minimum absolute atomic E-state index is 0.0758. The number of amides is 2. The van der Waals surface area contributed by atoms with Crippen LogP contribution in [0.5, 0.6) is 0 Å². The van der Waals surface area contributed by atoms with Crippen LogP contribution in [0.4, 0.5) is 0 Å². The highest BCUT2D eigenvalue weighted by atomic mass is 16.3. The highest BCUT2D eigenvalue weighted by Gasteiger charge is 2.16. The summed E-state index contributed by atoms with van der Waals surface area (Å²) in [6.07, 6.45) is 9.63. The zero-order valence-corrected chi connectivity index (χ0v) is 20.3. The zero-order chi connectivity index (χ0) is 25.3. The number of carbonyl (C=O) groups is 2. The maximum absolute atomic E-state index is 13.2. The van der Waals surface area contributed by atoms with Gasteiger partial charge < -0.3 is 15.1 Å². The SMILES string of the molecule is O=C(CCCn1c(=O)c2ccccc2n(CC(=O)NCCC2=CCCCC2)c1=O)NCc1ccco1. The summed E-state index contributed by atoms with van der Waals surface area (Å²) in [5.74, 6) is 0.167. The van der Waals surface area contributed by atoms with Crippen molar-refractivity contribution in [2.45, 2.75) is 64.6 Å². The van der Waals surface area contributed by atoms with E-state index in [4.69, 9.17) is 4.42 Å². The largest absolute Gasteiger partial charge is 0.467 e. The molecule has 1 aliphatic carbocycles. The molecule has 4 rings (SSSR count). The van der Waals surface area contributed by atoms with Crippen molar-refractivity contribution < 1.29 is 14.0 Å². The second-order valence-corrected chi connectivity index (χ2v) is 9.01. The standard InChI is InChI=1S/C27H32N4O5/c32-24(29-18-21-10-7-17-36-21)13-6-16-30-26(34)22-11-4-5-12-23(22)31(27(30)35)19-25(33)28-15-14-20-8-2-1-3-9-20/h4-5,7-8,10-12,17H,1-3,6,9,13-16,18-19H2,(H,28,33)(H,29,32). The van der Waals surface area contributed by atoms with E-state index in [-0.39, 0.29) is 37.9 Å². The highest BCUT2D eigenvalue weighted by Crippen LogP contribution is 2.19. The fourth-order valence-corrected chi connectivity index (χ4v) is 4.50. The van der Waals surface area contributed by atoms with Crippen LogP contribution in [0.2, 0.25) is 0 Å². The number of aromatic nitrogens is 2. The van der Waals surface area contributed by atoms with Crippen molar-refractivity contribution in [1.29, 1.82) is 0 Å². The second kappa shape index (κ2) is 12.2. The van der Waals surface area contributed by atoms with E-state index in [1.54, 1.807) is 36.4 Å². The molecule has 2 heterocycles. The first kappa shape index (κ1) is 25.2. The normalized spacial score (nSPS) is 13.4. The Bertz CT molecular complexity index is 1350. The van der Waals surface area contributed by atoms with Gasteiger partial charge in [-0.25, -0.2) is 4.79 Å². The first-order valence-corrected chi connectivity index (χ1v) is 12.5. The van der Waals surface area contributed by atoms with Crippen molar-refractivity contribution >= 4 is 22.7 Å². The van der Waals surface area contributed by atoms with E-state index in [0.717, 1.165) is 23.8 Å². The van der Waals surface area contributed by atoms with Crippen LogP contribution in [0.3, 0.4) is 0 Å². The van der Waals surface area contributed by atoms with E-state index in [2.05, 4.69) is 16.7 Å². The third kappa shape index (κ3) is 6.41. The summed E-state index contributed by atoms with van der Waals surface area (Å²) < 4.78 is 7.64. The molecule has 1 aromatic carbocycles. The fourth-order valence-electron chi connectivity index (χ4n) is 4.50. The number of furan rings is 1. The average molecular weight is 493 g/mol. The van der Waals surface area contributed by atoms with Crippen molar-refractivity contribution in [2.75, 3.05) is 6.54 Å². The number of para-hydroxylation sites is 1. The van der Waals surface area contributed by atoms with Gasteiger partial charge in [0, 0.05) is 19.5 Å². The van der Waals surface area contributed by atoms with Crippen molar-refractivity contribution in [3.63, 3.8) is 0 Å². The molecule has 0 spiro atoms. The van der Waals surface area contributed by atoms with Crippen LogP contribution < -0.4 is 21.9 Å². The van der Waals surface area contributed by atoms with E-state index in [0.29, 0.717) is 29.6 Å². The summed E-state index contributed by atoms with van der Waals surface area (Å²) >= 11 is 0. The molecular formula is C27H32N4O5. The molecule has 0 aliphatic heterocycles. The van der Waals surface area contributed by atoms with Gasteiger partial charge in [-0.1, -0.05) is 23.8 Å². The van der Waals surface area contributed by atoms with Gasteiger partial charge >= 0.3 is 5.69 Å². The van der Waals surface area contributed by atoms with Crippen molar-refractivity contribution in [3.05, 3.63) is 80.9 Å². The number of rotatable bonds is 11. The summed E-state index contributed by atoms with van der Waals surface area (Å²) in [5, 5.41) is 6.01. The maximum atomic E-state index is 13.2. The molecule has 2 N–H and O–H groups in total. The van der Waals surface area contributed by atoms with Gasteiger partial charge in [0.2, 0.25) is 11.8 Å². The predicted molar refractivity (Wildman–Crippen MR) is 136 cm³/mol. The molecule has 9 nitrogen and oxygen atoms in total. The number of fused-ring (bicyclic) bond motifs is 1. The van der Waals surface area contributed by atoms with E-state index >= 15 is 0 Å². The molecule has 0 unspecified atom stereocenters. The maximum Gasteiger partial charge on any atom is 0.331 e. The van der Waals surface area contributed by atoms with Gasteiger partial charge in [-0.3, -0.25) is 23.5 Å². The molecule has 0 bridgehead atoms. The van der Waals surface area contributed by atoms with Gasteiger partial charge in [0.05, 0.1) is 23.7 Å². The van der Waals surface area contributed by atoms with Crippen LogP contribution in [0.25, 0.3) is 10.9 Å². The number of carbonyl (C=O) groups excluding carboxylic acids is 2. The molecule has 2 amide bonds. The molecule has 0 saturated heterocycles. The molecular weight excluding hydrogens is 460 g/mol. The Morgan fingerprint density at radius 1 is 0.972 bits per heavy atom. The van der Waals surface area contributed by atoms with Gasteiger partial charge in [-0.15, -0.1) is 0 Å². The van der Waals surface area contributed by atoms with Gasteiger partial charge in [0.1, 0.15) is 12.3 Å². The van der Waals surface area contributed by atoms with Crippen molar-refractivity contribution in [1.82, 2.24) is 19.8 Å².